The third-order valence-corrected chi connectivity index (χ3v) is 5.84. The maximum Gasteiger partial charge on any atom is 0.263 e. The molecule has 1 aliphatic rings. The van der Waals surface area contributed by atoms with Gasteiger partial charge in [-0.3, -0.25) is 4.79 Å². The first kappa shape index (κ1) is 15.5. The van der Waals surface area contributed by atoms with Gasteiger partial charge in [-0.15, -0.1) is 11.3 Å². The van der Waals surface area contributed by atoms with Gasteiger partial charge in [-0.1, -0.05) is 18.2 Å². The number of benzene rings is 1. The number of nitrogens with zero attached hydrogens (tertiary/aromatic N) is 2. The van der Waals surface area contributed by atoms with Gasteiger partial charge in [0.05, 0.1) is 4.88 Å². The second-order valence-corrected chi connectivity index (χ2v) is 7.51. The Balaban J connectivity index is 1.69. The molecule has 22 heavy (non-hydrogen) atoms. The highest BCUT2D eigenvalue weighted by Gasteiger charge is 2.27. The van der Waals surface area contributed by atoms with Crippen molar-refractivity contribution in [1.82, 2.24) is 9.80 Å². The average Bonchev–Trinajstić information content (AvgIpc) is 2.97. The summed E-state index contributed by atoms with van der Waals surface area (Å²) in [6.07, 6.45) is 2.15. The molecule has 1 aromatic heterocycles. The fourth-order valence-corrected chi connectivity index (χ4v) is 4.26. The zero-order valence-corrected chi connectivity index (χ0v) is 14.4. The van der Waals surface area contributed by atoms with Gasteiger partial charge in [0.2, 0.25) is 0 Å². The van der Waals surface area contributed by atoms with E-state index in [1.54, 1.807) is 11.3 Å². The second kappa shape index (κ2) is 6.39. The first-order valence-electron chi connectivity index (χ1n) is 8.06. The van der Waals surface area contributed by atoms with Crippen molar-refractivity contribution >= 4 is 27.3 Å². The van der Waals surface area contributed by atoms with Gasteiger partial charge in [0.15, 0.2) is 0 Å². The van der Waals surface area contributed by atoms with Crippen molar-refractivity contribution in [2.24, 2.45) is 0 Å². The highest BCUT2D eigenvalue weighted by Crippen LogP contribution is 2.27. The van der Waals surface area contributed by atoms with Crippen molar-refractivity contribution in [3.63, 3.8) is 0 Å². The number of carbonyl (C=O) groups is 1. The van der Waals surface area contributed by atoms with E-state index < -0.39 is 0 Å². The standard InChI is InChI=1S/C18H24N2OS/c1-13(2)20-10-8-15(9-11-20)19(3)18(21)17-12-14-6-4-5-7-16(14)22-17/h4-7,12-13,15H,8-11H2,1-3H3. The van der Waals surface area contributed by atoms with E-state index >= 15 is 0 Å². The van der Waals surface area contributed by atoms with E-state index in [1.165, 1.54) is 10.1 Å². The van der Waals surface area contributed by atoms with Gasteiger partial charge in [0.1, 0.15) is 0 Å². The lowest BCUT2D eigenvalue weighted by atomic mass is 10.0. The summed E-state index contributed by atoms with van der Waals surface area (Å²) in [6.45, 7) is 6.66. The number of fused-ring (bicyclic) bond motifs is 1. The highest BCUT2D eigenvalue weighted by molar-refractivity contribution is 7.20. The number of likely N-dealkylation sites (tertiary alicyclic amines) is 1. The number of rotatable bonds is 3. The third kappa shape index (κ3) is 3.03. The summed E-state index contributed by atoms with van der Waals surface area (Å²) in [5.41, 5.74) is 0. The van der Waals surface area contributed by atoms with Gasteiger partial charge in [-0.05, 0) is 44.2 Å². The lowest BCUT2D eigenvalue weighted by Crippen LogP contribution is -2.47. The largest absolute Gasteiger partial charge is 0.338 e. The smallest absolute Gasteiger partial charge is 0.263 e. The van der Waals surface area contributed by atoms with E-state index in [4.69, 9.17) is 0 Å². The van der Waals surface area contributed by atoms with E-state index in [-0.39, 0.29) is 5.91 Å². The molecule has 1 aliphatic heterocycles. The minimum Gasteiger partial charge on any atom is -0.338 e. The monoisotopic (exact) mass is 316 g/mol. The summed E-state index contributed by atoms with van der Waals surface area (Å²) >= 11 is 1.60. The van der Waals surface area contributed by atoms with E-state index in [0.717, 1.165) is 30.8 Å². The summed E-state index contributed by atoms with van der Waals surface area (Å²) in [6, 6.07) is 11.2. The normalized spacial score (nSPS) is 17.3. The van der Waals surface area contributed by atoms with Crippen molar-refractivity contribution in [3.05, 3.63) is 35.2 Å². The van der Waals surface area contributed by atoms with Crippen LogP contribution in [-0.4, -0.2) is 47.9 Å². The van der Waals surface area contributed by atoms with Crippen LogP contribution in [0.25, 0.3) is 10.1 Å². The van der Waals surface area contributed by atoms with Gasteiger partial charge >= 0.3 is 0 Å². The van der Waals surface area contributed by atoms with Crippen LogP contribution in [0, 0.1) is 0 Å². The van der Waals surface area contributed by atoms with Crippen molar-refractivity contribution in [1.29, 1.82) is 0 Å². The number of thiophene rings is 1. The van der Waals surface area contributed by atoms with E-state index in [1.807, 2.05) is 30.1 Å². The predicted octanol–water partition coefficient (Wildman–Crippen LogP) is 3.85. The molecule has 1 fully saturated rings. The maximum absolute atomic E-state index is 12.8. The van der Waals surface area contributed by atoms with Crippen LogP contribution in [0.3, 0.4) is 0 Å². The van der Waals surface area contributed by atoms with E-state index in [0.29, 0.717) is 12.1 Å². The molecule has 0 radical (unpaired) electrons. The van der Waals surface area contributed by atoms with Gasteiger partial charge in [-0.2, -0.15) is 0 Å². The molecule has 0 spiro atoms. The van der Waals surface area contributed by atoms with Crippen LogP contribution < -0.4 is 0 Å². The summed E-state index contributed by atoms with van der Waals surface area (Å²) < 4.78 is 1.19. The number of carbonyl (C=O) groups excluding carboxylic acids is 1. The quantitative estimate of drug-likeness (QED) is 0.859. The molecule has 1 saturated heterocycles. The number of amides is 1. The predicted molar refractivity (Wildman–Crippen MR) is 93.6 cm³/mol. The molecule has 1 aromatic carbocycles. The van der Waals surface area contributed by atoms with E-state index in [2.05, 4.69) is 30.9 Å². The molecule has 3 rings (SSSR count). The Bertz CT molecular complexity index is 623. The van der Waals surface area contributed by atoms with Crippen LogP contribution >= 0.6 is 11.3 Å². The van der Waals surface area contributed by atoms with Gasteiger partial charge in [0, 0.05) is 36.9 Å². The Hall–Kier alpha value is -1.39. The van der Waals surface area contributed by atoms with Crippen LogP contribution in [0.5, 0.6) is 0 Å². The van der Waals surface area contributed by atoms with Gasteiger partial charge in [0.25, 0.3) is 5.91 Å². The first-order chi connectivity index (χ1) is 10.6. The lowest BCUT2D eigenvalue weighted by Gasteiger charge is -2.38. The summed E-state index contributed by atoms with van der Waals surface area (Å²) in [7, 11) is 1.96. The second-order valence-electron chi connectivity index (χ2n) is 6.43. The topological polar surface area (TPSA) is 23.6 Å². The molecule has 2 heterocycles. The molecule has 0 saturated carbocycles. The Morgan fingerprint density at radius 2 is 1.95 bits per heavy atom. The van der Waals surface area contributed by atoms with Crippen molar-refractivity contribution in [2.45, 2.75) is 38.8 Å². The third-order valence-electron chi connectivity index (χ3n) is 4.73. The molecule has 0 bridgehead atoms. The molecule has 4 heteroatoms. The van der Waals surface area contributed by atoms with Crippen LogP contribution in [0.4, 0.5) is 0 Å². The van der Waals surface area contributed by atoms with Gasteiger partial charge in [-0.25, -0.2) is 0 Å². The fraction of sp³-hybridized carbons (Fsp3) is 0.500. The molecule has 118 valence electrons. The SMILES string of the molecule is CC(C)N1CCC(N(C)C(=O)c2cc3ccccc3s2)CC1. The van der Waals surface area contributed by atoms with Crippen molar-refractivity contribution < 1.29 is 4.79 Å². The molecule has 3 nitrogen and oxygen atoms in total. The van der Waals surface area contributed by atoms with Gasteiger partial charge < -0.3 is 9.80 Å². The minimum absolute atomic E-state index is 0.171. The molecule has 0 atom stereocenters. The van der Waals surface area contributed by atoms with Crippen LogP contribution in [0.1, 0.15) is 36.4 Å². The zero-order chi connectivity index (χ0) is 15.7. The molecular formula is C18H24N2OS. The summed E-state index contributed by atoms with van der Waals surface area (Å²) in [5.74, 6) is 0.171. The molecule has 0 aliphatic carbocycles. The van der Waals surface area contributed by atoms with Crippen LogP contribution in [0.2, 0.25) is 0 Å². The van der Waals surface area contributed by atoms with Crippen LogP contribution in [-0.2, 0) is 0 Å². The molecule has 2 aromatic rings. The highest BCUT2D eigenvalue weighted by atomic mass is 32.1. The molecule has 1 amide bonds. The minimum atomic E-state index is 0.171. The van der Waals surface area contributed by atoms with Crippen molar-refractivity contribution in [2.75, 3.05) is 20.1 Å². The fourth-order valence-electron chi connectivity index (χ4n) is 3.22. The zero-order valence-electron chi connectivity index (χ0n) is 13.6. The van der Waals surface area contributed by atoms with Crippen molar-refractivity contribution in [3.8, 4) is 0 Å². The summed E-state index contributed by atoms with van der Waals surface area (Å²) in [4.78, 5) is 18.1. The van der Waals surface area contributed by atoms with Crippen LogP contribution in [0.15, 0.2) is 30.3 Å². The Morgan fingerprint density at radius 3 is 2.59 bits per heavy atom. The lowest BCUT2D eigenvalue weighted by molar-refractivity contribution is 0.0620. The number of hydrogen-bond acceptors (Lipinski definition) is 3. The maximum atomic E-state index is 12.8. The average molecular weight is 316 g/mol. The summed E-state index contributed by atoms with van der Waals surface area (Å²) in [5, 5.41) is 1.17. The Kier molecular flexibility index (Phi) is 4.50. The Morgan fingerprint density at radius 1 is 1.27 bits per heavy atom. The Labute approximate surface area is 136 Å². The number of piperidine rings is 1. The number of hydrogen-bond donors (Lipinski definition) is 0. The first-order valence-corrected chi connectivity index (χ1v) is 8.87. The molecular weight excluding hydrogens is 292 g/mol. The van der Waals surface area contributed by atoms with E-state index in [9.17, 15) is 4.79 Å². The molecule has 0 N–H and O–H groups in total. The molecule has 0 unspecified atom stereocenters.